The van der Waals surface area contributed by atoms with E-state index in [2.05, 4.69) is 67.1 Å². The van der Waals surface area contributed by atoms with Gasteiger partial charge < -0.3 is 9.47 Å². The fourth-order valence-electron chi connectivity index (χ4n) is 2.76. The molecular weight excluding hydrogens is 348 g/mol. The summed E-state index contributed by atoms with van der Waals surface area (Å²) >= 11 is 0. The van der Waals surface area contributed by atoms with Crippen LogP contribution < -0.4 is 0 Å². The normalized spacial score (nSPS) is 18.9. The molecule has 28 heavy (non-hydrogen) atoms. The first kappa shape index (κ1) is 20.2. The van der Waals surface area contributed by atoms with E-state index in [-0.39, 0.29) is 6.29 Å². The maximum absolute atomic E-state index is 5.59. The number of nitrogens with zero attached hydrogens (tertiary/aromatic N) is 2. The summed E-state index contributed by atoms with van der Waals surface area (Å²) in [4.78, 5) is 8.53. The Morgan fingerprint density at radius 3 is 1.75 bits per heavy atom. The fraction of sp³-hybridized carbons (Fsp3) is 0.333. The summed E-state index contributed by atoms with van der Waals surface area (Å²) in [6, 6.07) is 16.5. The molecule has 146 valence electrons. The molecule has 0 amide bonds. The predicted octanol–water partition coefficient (Wildman–Crippen LogP) is 5.44. The number of aromatic nitrogens is 2. The quantitative estimate of drug-likeness (QED) is 0.598. The summed E-state index contributed by atoms with van der Waals surface area (Å²) in [5, 5.41) is 0. The van der Waals surface area contributed by atoms with Crippen molar-refractivity contribution in [3.8, 4) is 11.4 Å². The van der Waals surface area contributed by atoms with Gasteiger partial charge in [0.1, 0.15) is 0 Å². The molecule has 0 atom stereocenters. The number of ether oxygens (including phenoxy) is 2. The van der Waals surface area contributed by atoms with Gasteiger partial charge in [-0.25, -0.2) is 9.97 Å². The summed E-state index contributed by atoms with van der Waals surface area (Å²) in [6.07, 6.45) is 3.51. The smallest absolute Gasteiger partial charge is 0.183 e. The third kappa shape index (κ3) is 5.72. The van der Waals surface area contributed by atoms with E-state index >= 15 is 0 Å². The SMILES string of the molecule is Cc1ccc(-c2ncc(C)cn2)cc1.Cc1ccc(C2OCC(C)CO2)cc1. The maximum atomic E-state index is 5.59. The first-order chi connectivity index (χ1) is 13.5. The minimum atomic E-state index is -0.160. The summed E-state index contributed by atoms with van der Waals surface area (Å²) in [7, 11) is 0. The van der Waals surface area contributed by atoms with Crippen molar-refractivity contribution in [3.63, 3.8) is 0 Å². The van der Waals surface area contributed by atoms with E-state index in [1.54, 1.807) is 0 Å². The molecule has 3 aromatic rings. The average molecular weight is 377 g/mol. The van der Waals surface area contributed by atoms with Crippen LogP contribution in [0.2, 0.25) is 0 Å². The van der Waals surface area contributed by atoms with Crippen LogP contribution in [-0.2, 0) is 9.47 Å². The Labute approximate surface area is 167 Å². The molecule has 0 aliphatic carbocycles. The second-order valence-electron chi connectivity index (χ2n) is 7.46. The van der Waals surface area contributed by atoms with Gasteiger partial charge in [0.2, 0.25) is 0 Å². The van der Waals surface area contributed by atoms with Gasteiger partial charge in [-0.1, -0.05) is 66.6 Å². The minimum Gasteiger partial charge on any atom is -0.348 e. The van der Waals surface area contributed by atoms with Gasteiger partial charge in [-0.3, -0.25) is 0 Å². The molecule has 1 fully saturated rings. The lowest BCUT2D eigenvalue weighted by atomic mass is 10.1. The lowest BCUT2D eigenvalue weighted by Gasteiger charge is -2.27. The maximum Gasteiger partial charge on any atom is 0.183 e. The van der Waals surface area contributed by atoms with Crippen molar-refractivity contribution in [2.75, 3.05) is 13.2 Å². The Balaban J connectivity index is 0.000000161. The zero-order valence-corrected chi connectivity index (χ0v) is 17.1. The zero-order chi connectivity index (χ0) is 19.9. The monoisotopic (exact) mass is 376 g/mol. The molecule has 4 heteroatoms. The Kier molecular flexibility index (Phi) is 6.90. The first-order valence-corrected chi connectivity index (χ1v) is 9.66. The molecule has 1 aliphatic rings. The molecule has 0 spiro atoms. The number of benzene rings is 2. The summed E-state index contributed by atoms with van der Waals surface area (Å²) in [5.74, 6) is 1.30. The molecule has 4 nitrogen and oxygen atoms in total. The highest BCUT2D eigenvalue weighted by Gasteiger charge is 2.20. The third-order valence-electron chi connectivity index (χ3n) is 4.50. The van der Waals surface area contributed by atoms with Crippen LogP contribution in [0.1, 0.15) is 35.5 Å². The van der Waals surface area contributed by atoms with Crippen molar-refractivity contribution in [1.82, 2.24) is 9.97 Å². The Morgan fingerprint density at radius 1 is 0.714 bits per heavy atom. The third-order valence-corrected chi connectivity index (χ3v) is 4.50. The van der Waals surface area contributed by atoms with Crippen molar-refractivity contribution in [2.45, 2.75) is 34.0 Å². The molecule has 1 saturated heterocycles. The molecular formula is C24H28N2O2. The number of rotatable bonds is 2. The van der Waals surface area contributed by atoms with Gasteiger partial charge in [-0.15, -0.1) is 0 Å². The van der Waals surface area contributed by atoms with E-state index < -0.39 is 0 Å². The van der Waals surface area contributed by atoms with Crippen molar-refractivity contribution in [3.05, 3.63) is 83.2 Å². The molecule has 0 radical (unpaired) electrons. The minimum absolute atomic E-state index is 0.160. The van der Waals surface area contributed by atoms with Gasteiger partial charge in [-0.2, -0.15) is 0 Å². The predicted molar refractivity (Wildman–Crippen MR) is 112 cm³/mol. The van der Waals surface area contributed by atoms with Crippen molar-refractivity contribution in [2.24, 2.45) is 5.92 Å². The van der Waals surface area contributed by atoms with Gasteiger partial charge in [-0.05, 0) is 26.3 Å². The summed E-state index contributed by atoms with van der Waals surface area (Å²) in [6.45, 7) is 9.84. The lowest BCUT2D eigenvalue weighted by Crippen LogP contribution is -2.24. The molecule has 1 aromatic heterocycles. The van der Waals surface area contributed by atoms with Gasteiger partial charge in [0.15, 0.2) is 12.1 Å². The summed E-state index contributed by atoms with van der Waals surface area (Å²) in [5.41, 5.74) is 5.78. The van der Waals surface area contributed by atoms with Crippen LogP contribution in [0.5, 0.6) is 0 Å². The van der Waals surface area contributed by atoms with E-state index in [1.165, 1.54) is 11.1 Å². The molecule has 0 unspecified atom stereocenters. The zero-order valence-electron chi connectivity index (χ0n) is 17.1. The highest BCUT2D eigenvalue weighted by Crippen LogP contribution is 2.24. The Hall–Kier alpha value is -2.56. The molecule has 0 saturated carbocycles. The van der Waals surface area contributed by atoms with Crippen LogP contribution in [0.3, 0.4) is 0 Å². The van der Waals surface area contributed by atoms with E-state index in [0.717, 1.165) is 35.7 Å². The largest absolute Gasteiger partial charge is 0.348 e. The topological polar surface area (TPSA) is 44.2 Å². The standard InChI is InChI=1S/C12H12N2.C12H16O2/c2*1-9-3-5-11(6-4-9)12-13-7-10(2)8-14-12/h3-8H,1-2H3;3-6,10,12H,7-8H2,1-2H3. The van der Waals surface area contributed by atoms with Crippen LogP contribution in [0.15, 0.2) is 60.9 Å². The molecule has 0 N–H and O–H groups in total. The molecule has 0 bridgehead atoms. The average Bonchev–Trinajstić information content (AvgIpc) is 2.71. The van der Waals surface area contributed by atoms with Crippen LogP contribution >= 0.6 is 0 Å². The second kappa shape index (κ2) is 9.58. The van der Waals surface area contributed by atoms with Crippen LogP contribution in [0.4, 0.5) is 0 Å². The van der Waals surface area contributed by atoms with E-state index in [1.807, 2.05) is 31.5 Å². The van der Waals surface area contributed by atoms with E-state index in [9.17, 15) is 0 Å². The molecule has 2 aromatic carbocycles. The highest BCUT2D eigenvalue weighted by molar-refractivity contribution is 5.54. The Morgan fingerprint density at radius 2 is 1.21 bits per heavy atom. The number of hydrogen-bond donors (Lipinski definition) is 0. The number of hydrogen-bond acceptors (Lipinski definition) is 4. The van der Waals surface area contributed by atoms with Gasteiger partial charge >= 0.3 is 0 Å². The van der Waals surface area contributed by atoms with Crippen LogP contribution in [0.25, 0.3) is 11.4 Å². The number of aryl methyl sites for hydroxylation is 3. The molecule has 1 aliphatic heterocycles. The van der Waals surface area contributed by atoms with Crippen LogP contribution in [0, 0.1) is 26.7 Å². The highest BCUT2D eigenvalue weighted by atomic mass is 16.7. The van der Waals surface area contributed by atoms with Crippen molar-refractivity contribution >= 4 is 0 Å². The fourth-order valence-corrected chi connectivity index (χ4v) is 2.76. The summed E-state index contributed by atoms with van der Waals surface area (Å²) < 4.78 is 11.2. The van der Waals surface area contributed by atoms with Gasteiger partial charge in [0.25, 0.3) is 0 Å². The van der Waals surface area contributed by atoms with Gasteiger partial charge in [0.05, 0.1) is 13.2 Å². The Bertz CT molecular complexity index is 807. The van der Waals surface area contributed by atoms with Crippen molar-refractivity contribution in [1.29, 1.82) is 0 Å². The van der Waals surface area contributed by atoms with E-state index in [4.69, 9.17) is 9.47 Å². The van der Waals surface area contributed by atoms with Crippen molar-refractivity contribution < 1.29 is 9.47 Å². The lowest BCUT2D eigenvalue weighted by molar-refractivity contribution is -0.202. The molecule has 2 heterocycles. The second-order valence-corrected chi connectivity index (χ2v) is 7.46. The van der Waals surface area contributed by atoms with Gasteiger partial charge in [0, 0.05) is 29.4 Å². The molecule has 4 rings (SSSR count). The van der Waals surface area contributed by atoms with Crippen LogP contribution in [-0.4, -0.2) is 23.2 Å². The van der Waals surface area contributed by atoms with E-state index in [0.29, 0.717) is 5.92 Å². The first-order valence-electron chi connectivity index (χ1n) is 9.66.